The zero-order valence-corrected chi connectivity index (χ0v) is 11.6. The lowest BCUT2D eigenvalue weighted by molar-refractivity contribution is -0.115. The van der Waals surface area contributed by atoms with Crippen LogP contribution in [0.2, 0.25) is 0 Å². The number of hydrogen-bond donors (Lipinski definition) is 1. The SMILES string of the molecule is CCOC(=O)c1cc(F)c(NC(=O)CC#N)c(Br)c1. The van der Waals surface area contributed by atoms with E-state index in [0.717, 1.165) is 6.07 Å². The van der Waals surface area contributed by atoms with E-state index in [4.69, 9.17) is 10.00 Å². The monoisotopic (exact) mass is 328 g/mol. The number of nitrogens with one attached hydrogen (secondary N) is 1. The van der Waals surface area contributed by atoms with Crippen molar-refractivity contribution in [2.45, 2.75) is 13.3 Å². The molecule has 0 aromatic heterocycles. The van der Waals surface area contributed by atoms with Gasteiger partial charge in [-0.2, -0.15) is 5.26 Å². The Hall–Kier alpha value is -1.94. The highest BCUT2D eigenvalue weighted by molar-refractivity contribution is 9.10. The molecule has 19 heavy (non-hydrogen) atoms. The number of anilines is 1. The zero-order chi connectivity index (χ0) is 14.4. The van der Waals surface area contributed by atoms with Crippen molar-refractivity contribution < 1.29 is 18.7 Å². The second-order valence-electron chi connectivity index (χ2n) is 3.42. The summed E-state index contributed by atoms with van der Waals surface area (Å²) in [6, 6.07) is 3.95. The van der Waals surface area contributed by atoms with Crippen LogP contribution in [0.3, 0.4) is 0 Å². The maximum absolute atomic E-state index is 13.8. The first-order valence-corrected chi connectivity index (χ1v) is 6.11. The average molecular weight is 329 g/mol. The van der Waals surface area contributed by atoms with E-state index in [1.807, 2.05) is 0 Å². The van der Waals surface area contributed by atoms with Crippen molar-refractivity contribution in [2.75, 3.05) is 11.9 Å². The van der Waals surface area contributed by atoms with Crippen molar-refractivity contribution in [3.63, 3.8) is 0 Å². The predicted octanol–water partition coefficient (Wildman–Crippen LogP) is 2.62. The van der Waals surface area contributed by atoms with E-state index in [2.05, 4.69) is 21.2 Å². The van der Waals surface area contributed by atoms with Gasteiger partial charge in [-0.25, -0.2) is 9.18 Å². The maximum atomic E-state index is 13.8. The second kappa shape index (κ2) is 6.85. The van der Waals surface area contributed by atoms with Crippen molar-refractivity contribution in [1.82, 2.24) is 0 Å². The van der Waals surface area contributed by atoms with Gasteiger partial charge in [0.25, 0.3) is 0 Å². The first-order valence-electron chi connectivity index (χ1n) is 5.32. The van der Waals surface area contributed by atoms with Crippen LogP contribution in [-0.4, -0.2) is 18.5 Å². The fourth-order valence-electron chi connectivity index (χ4n) is 1.28. The molecule has 100 valence electrons. The molecule has 0 aliphatic heterocycles. The Balaban J connectivity index is 3.01. The molecule has 1 amide bonds. The van der Waals surface area contributed by atoms with Crippen molar-refractivity contribution in [3.05, 3.63) is 28.0 Å². The van der Waals surface area contributed by atoms with Gasteiger partial charge in [-0.1, -0.05) is 0 Å². The van der Waals surface area contributed by atoms with Crippen LogP contribution in [0.1, 0.15) is 23.7 Å². The normalized spacial score (nSPS) is 9.58. The molecule has 1 rings (SSSR count). The molecule has 0 saturated carbocycles. The molecule has 0 aliphatic carbocycles. The largest absolute Gasteiger partial charge is 0.462 e. The van der Waals surface area contributed by atoms with Gasteiger partial charge in [-0.15, -0.1) is 0 Å². The molecule has 0 aliphatic rings. The molecular weight excluding hydrogens is 319 g/mol. The lowest BCUT2D eigenvalue weighted by Gasteiger charge is -2.09. The van der Waals surface area contributed by atoms with Crippen LogP contribution in [0.25, 0.3) is 0 Å². The quantitative estimate of drug-likeness (QED) is 0.861. The molecule has 0 atom stereocenters. The second-order valence-corrected chi connectivity index (χ2v) is 4.27. The standard InChI is InChI=1S/C12H10BrFN2O3/c1-2-19-12(18)7-5-8(13)11(9(14)6-7)16-10(17)3-4-15/h5-6H,2-3H2,1H3,(H,16,17). The maximum Gasteiger partial charge on any atom is 0.338 e. The van der Waals surface area contributed by atoms with Crippen LogP contribution >= 0.6 is 15.9 Å². The highest BCUT2D eigenvalue weighted by Gasteiger charge is 2.16. The number of amides is 1. The number of hydrogen-bond acceptors (Lipinski definition) is 4. The zero-order valence-electron chi connectivity index (χ0n) is 10.00. The Bertz CT molecular complexity index is 531. The summed E-state index contributed by atoms with van der Waals surface area (Å²) in [4.78, 5) is 22.7. The summed E-state index contributed by atoms with van der Waals surface area (Å²) in [7, 11) is 0. The Morgan fingerprint density at radius 3 is 2.74 bits per heavy atom. The summed E-state index contributed by atoms with van der Waals surface area (Å²) in [6.45, 7) is 1.82. The van der Waals surface area contributed by atoms with Gasteiger partial charge in [0.2, 0.25) is 5.91 Å². The summed E-state index contributed by atoms with van der Waals surface area (Å²) in [5.74, 6) is -2.08. The third-order valence-corrected chi connectivity index (χ3v) is 2.68. The molecule has 0 saturated heterocycles. The molecule has 0 bridgehead atoms. The van der Waals surface area contributed by atoms with Crippen LogP contribution in [0.4, 0.5) is 10.1 Å². The molecule has 1 aromatic rings. The third kappa shape index (κ3) is 4.03. The van der Waals surface area contributed by atoms with Crippen molar-refractivity contribution >= 4 is 33.5 Å². The molecule has 0 heterocycles. The van der Waals surface area contributed by atoms with Gasteiger partial charge >= 0.3 is 5.97 Å². The minimum absolute atomic E-state index is 0.0320. The first kappa shape index (κ1) is 15.1. The van der Waals surface area contributed by atoms with Crippen LogP contribution in [0.5, 0.6) is 0 Å². The van der Waals surface area contributed by atoms with Crippen LogP contribution in [0, 0.1) is 17.1 Å². The van der Waals surface area contributed by atoms with Gasteiger partial charge in [0.15, 0.2) is 0 Å². The minimum Gasteiger partial charge on any atom is -0.462 e. The third-order valence-electron chi connectivity index (χ3n) is 2.06. The summed E-state index contributed by atoms with van der Waals surface area (Å²) in [5, 5.41) is 10.6. The lowest BCUT2D eigenvalue weighted by atomic mass is 10.2. The molecule has 0 radical (unpaired) electrons. The number of ether oxygens (including phenoxy) is 1. The molecule has 0 unspecified atom stereocenters. The van der Waals surface area contributed by atoms with Gasteiger partial charge in [-0.3, -0.25) is 4.79 Å². The summed E-state index contributed by atoms with van der Waals surface area (Å²) in [5.41, 5.74) is -0.0854. The molecule has 5 nitrogen and oxygen atoms in total. The van der Waals surface area contributed by atoms with Crippen LogP contribution in [-0.2, 0) is 9.53 Å². The minimum atomic E-state index is -0.788. The molecule has 0 spiro atoms. The first-order chi connectivity index (χ1) is 8.99. The Morgan fingerprint density at radius 2 is 2.21 bits per heavy atom. The molecule has 7 heteroatoms. The Morgan fingerprint density at radius 1 is 1.53 bits per heavy atom. The van der Waals surface area contributed by atoms with Gasteiger partial charge in [-0.05, 0) is 35.0 Å². The van der Waals surface area contributed by atoms with E-state index in [-0.39, 0.29) is 28.8 Å². The summed E-state index contributed by atoms with van der Waals surface area (Å²) in [6.07, 6.45) is -0.383. The number of carbonyl (C=O) groups is 2. The Labute approximate surface area is 117 Å². The van der Waals surface area contributed by atoms with E-state index in [9.17, 15) is 14.0 Å². The van der Waals surface area contributed by atoms with Gasteiger partial charge in [0.1, 0.15) is 12.2 Å². The number of halogens is 2. The predicted molar refractivity (Wildman–Crippen MR) is 68.9 cm³/mol. The highest BCUT2D eigenvalue weighted by Crippen LogP contribution is 2.27. The van der Waals surface area contributed by atoms with Gasteiger partial charge in [0, 0.05) is 4.47 Å². The Kier molecular flexibility index (Phi) is 5.45. The topological polar surface area (TPSA) is 79.2 Å². The van der Waals surface area contributed by atoms with Gasteiger partial charge in [0.05, 0.1) is 23.9 Å². The highest BCUT2D eigenvalue weighted by atomic mass is 79.9. The lowest BCUT2D eigenvalue weighted by Crippen LogP contribution is -2.13. The number of nitrogens with zero attached hydrogens (tertiary/aromatic N) is 1. The number of benzene rings is 1. The van der Waals surface area contributed by atoms with Crippen molar-refractivity contribution in [1.29, 1.82) is 5.26 Å². The summed E-state index contributed by atoms with van der Waals surface area (Å²) >= 11 is 3.05. The van der Waals surface area contributed by atoms with E-state index in [1.54, 1.807) is 13.0 Å². The number of carbonyl (C=O) groups excluding carboxylic acids is 2. The molecule has 0 fully saturated rings. The fraction of sp³-hybridized carbons (Fsp3) is 0.250. The average Bonchev–Trinajstić information content (AvgIpc) is 2.34. The van der Waals surface area contributed by atoms with Gasteiger partial charge < -0.3 is 10.1 Å². The van der Waals surface area contributed by atoms with E-state index >= 15 is 0 Å². The van der Waals surface area contributed by atoms with Crippen molar-refractivity contribution in [3.8, 4) is 6.07 Å². The van der Waals surface area contributed by atoms with Crippen LogP contribution < -0.4 is 5.32 Å². The number of rotatable bonds is 4. The smallest absolute Gasteiger partial charge is 0.338 e. The molecule has 1 N–H and O–H groups in total. The fourth-order valence-corrected chi connectivity index (χ4v) is 1.82. The molecule has 1 aromatic carbocycles. The number of nitriles is 1. The van der Waals surface area contributed by atoms with E-state index in [0.29, 0.717) is 0 Å². The van der Waals surface area contributed by atoms with Crippen molar-refractivity contribution in [2.24, 2.45) is 0 Å². The molecular formula is C12H10BrFN2O3. The van der Waals surface area contributed by atoms with Crippen LogP contribution in [0.15, 0.2) is 16.6 Å². The van der Waals surface area contributed by atoms with E-state index in [1.165, 1.54) is 6.07 Å². The summed E-state index contributed by atoms with van der Waals surface area (Å²) < 4.78 is 18.7. The number of esters is 1. The van der Waals surface area contributed by atoms with E-state index < -0.39 is 17.7 Å².